The molecule has 1 atom stereocenters. The third kappa shape index (κ3) is 1.96. The van der Waals surface area contributed by atoms with Crippen molar-refractivity contribution in [1.29, 1.82) is 0 Å². The Balaban J connectivity index is 0.00000120. The first-order valence-electron chi connectivity index (χ1n) is 5.93. The van der Waals surface area contributed by atoms with Crippen LogP contribution < -0.4 is 5.73 Å². The predicted molar refractivity (Wildman–Crippen MR) is 81.3 cm³/mol. The normalized spacial score (nSPS) is 12.3. The molecule has 18 heavy (non-hydrogen) atoms. The average molecular weight is 258 g/mol. The first-order valence-corrected chi connectivity index (χ1v) is 5.93. The first-order chi connectivity index (χ1) is 8.27. The van der Waals surface area contributed by atoms with Crippen LogP contribution >= 0.6 is 12.4 Å². The van der Waals surface area contributed by atoms with Gasteiger partial charge in [0.2, 0.25) is 0 Å². The van der Waals surface area contributed by atoms with Gasteiger partial charge in [-0.1, -0.05) is 48.5 Å². The molecule has 0 heterocycles. The summed E-state index contributed by atoms with van der Waals surface area (Å²) in [4.78, 5) is 0. The zero-order chi connectivity index (χ0) is 11.8. The monoisotopic (exact) mass is 257 g/mol. The van der Waals surface area contributed by atoms with Crippen LogP contribution in [0.1, 0.15) is 18.5 Å². The molecule has 1 nitrogen and oxygen atoms in total. The van der Waals surface area contributed by atoms with E-state index in [9.17, 15) is 0 Å². The van der Waals surface area contributed by atoms with Crippen molar-refractivity contribution in [3.8, 4) is 0 Å². The maximum absolute atomic E-state index is 6.07. The molecule has 0 radical (unpaired) electrons. The molecule has 2 N–H and O–H groups in total. The minimum absolute atomic E-state index is 0. The average Bonchev–Trinajstić information content (AvgIpc) is 2.37. The van der Waals surface area contributed by atoms with Crippen LogP contribution in [0.3, 0.4) is 0 Å². The van der Waals surface area contributed by atoms with Crippen LogP contribution in [0.4, 0.5) is 0 Å². The fourth-order valence-corrected chi connectivity index (χ4v) is 2.46. The summed E-state index contributed by atoms with van der Waals surface area (Å²) < 4.78 is 0. The Bertz CT molecular complexity index is 689. The summed E-state index contributed by atoms with van der Waals surface area (Å²) >= 11 is 0. The van der Waals surface area contributed by atoms with Gasteiger partial charge < -0.3 is 5.73 Å². The lowest BCUT2D eigenvalue weighted by Gasteiger charge is -2.13. The summed E-state index contributed by atoms with van der Waals surface area (Å²) in [6, 6.07) is 19.2. The molecule has 0 aliphatic rings. The van der Waals surface area contributed by atoms with E-state index in [1.165, 1.54) is 27.1 Å². The third-order valence-corrected chi connectivity index (χ3v) is 3.29. The van der Waals surface area contributed by atoms with E-state index in [0.717, 1.165) is 0 Å². The second-order valence-electron chi connectivity index (χ2n) is 4.52. The van der Waals surface area contributed by atoms with Crippen molar-refractivity contribution in [2.24, 2.45) is 5.73 Å². The molecular weight excluding hydrogens is 242 g/mol. The first kappa shape index (κ1) is 12.9. The fourth-order valence-electron chi connectivity index (χ4n) is 2.46. The Labute approximate surface area is 113 Å². The van der Waals surface area contributed by atoms with Gasteiger partial charge in [0.25, 0.3) is 0 Å². The van der Waals surface area contributed by atoms with Gasteiger partial charge in [-0.25, -0.2) is 0 Å². The Hall–Kier alpha value is -1.57. The smallest absolute Gasteiger partial charge is 0.0272 e. The molecule has 0 saturated heterocycles. The molecule has 0 fully saturated rings. The van der Waals surface area contributed by atoms with Crippen molar-refractivity contribution in [1.82, 2.24) is 0 Å². The zero-order valence-corrected chi connectivity index (χ0v) is 11.1. The van der Waals surface area contributed by atoms with Crippen molar-refractivity contribution in [2.75, 3.05) is 0 Å². The van der Waals surface area contributed by atoms with E-state index in [4.69, 9.17) is 5.73 Å². The number of benzene rings is 3. The van der Waals surface area contributed by atoms with Crippen molar-refractivity contribution >= 4 is 34.0 Å². The minimum atomic E-state index is 0. The van der Waals surface area contributed by atoms with E-state index >= 15 is 0 Å². The molecule has 0 amide bonds. The number of hydrogen-bond donors (Lipinski definition) is 1. The van der Waals surface area contributed by atoms with Gasteiger partial charge in [-0.3, -0.25) is 0 Å². The Morgan fingerprint density at radius 1 is 0.833 bits per heavy atom. The number of hydrogen-bond acceptors (Lipinski definition) is 1. The molecule has 2 heteroatoms. The molecule has 0 aliphatic carbocycles. The van der Waals surface area contributed by atoms with E-state index < -0.39 is 0 Å². The topological polar surface area (TPSA) is 26.0 Å². The number of halogens is 1. The highest BCUT2D eigenvalue weighted by atomic mass is 35.5. The SMILES string of the molecule is C[C@H](N)c1cc2ccccc2c2ccccc12.Cl. The van der Waals surface area contributed by atoms with E-state index in [1.807, 2.05) is 6.92 Å². The molecule has 3 rings (SSSR count). The summed E-state index contributed by atoms with van der Waals surface area (Å²) in [5, 5.41) is 5.12. The van der Waals surface area contributed by atoms with Crippen LogP contribution in [-0.4, -0.2) is 0 Å². The predicted octanol–water partition coefficient (Wildman–Crippen LogP) is 4.43. The molecule has 0 spiro atoms. The summed E-state index contributed by atoms with van der Waals surface area (Å²) in [6.07, 6.45) is 0. The number of nitrogens with two attached hydrogens (primary N) is 1. The van der Waals surface area contributed by atoms with Gasteiger partial charge in [-0.15, -0.1) is 12.4 Å². The number of rotatable bonds is 1. The van der Waals surface area contributed by atoms with Gasteiger partial charge >= 0.3 is 0 Å². The molecular formula is C16H16ClN. The van der Waals surface area contributed by atoms with E-state index in [1.54, 1.807) is 0 Å². The van der Waals surface area contributed by atoms with Gasteiger partial charge in [0.05, 0.1) is 0 Å². The second-order valence-corrected chi connectivity index (χ2v) is 4.52. The van der Waals surface area contributed by atoms with Crippen LogP contribution in [0.15, 0.2) is 54.6 Å². The molecule has 0 aromatic heterocycles. The second kappa shape index (κ2) is 4.97. The van der Waals surface area contributed by atoms with Crippen molar-refractivity contribution in [3.63, 3.8) is 0 Å². The lowest BCUT2D eigenvalue weighted by atomic mass is 9.94. The quantitative estimate of drug-likeness (QED) is 0.641. The molecule has 3 aromatic carbocycles. The Kier molecular flexibility index (Phi) is 3.55. The van der Waals surface area contributed by atoms with Gasteiger partial charge in [-0.05, 0) is 40.1 Å². The Morgan fingerprint density at radius 2 is 1.39 bits per heavy atom. The molecule has 0 unspecified atom stereocenters. The summed E-state index contributed by atoms with van der Waals surface area (Å²) in [5.74, 6) is 0. The largest absolute Gasteiger partial charge is 0.324 e. The third-order valence-electron chi connectivity index (χ3n) is 3.29. The van der Waals surface area contributed by atoms with Crippen LogP contribution in [0.25, 0.3) is 21.5 Å². The van der Waals surface area contributed by atoms with Gasteiger partial charge in [0.15, 0.2) is 0 Å². The van der Waals surface area contributed by atoms with Gasteiger partial charge in [-0.2, -0.15) is 0 Å². The highest BCUT2D eigenvalue weighted by Gasteiger charge is 2.08. The maximum Gasteiger partial charge on any atom is 0.0272 e. The minimum Gasteiger partial charge on any atom is -0.324 e. The molecule has 92 valence electrons. The number of fused-ring (bicyclic) bond motifs is 3. The van der Waals surface area contributed by atoms with Crippen LogP contribution in [0.2, 0.25) is 0 Å². The molecule has 0 aliphatic heterocycles. The lowest BCUT2D eigenvalue weighted by Crippen LogP contribution is -2.05. The van der Waals surface area contributed by atoms with Crippen LogP contribution in [0.5, 0.6) is 0 Å². The highest BCUT2D eigenvalue weighted by molar-refractivity contribution is 6.09. The van der Waals surface area contributed by atoms with E-state index in [0.29, 0.717) is 0 Å². The summed E-state index contributed by atoms with van der Waals surface area (Å²) in [7, 11) is 0. The van der Waals surface area contributed by atoms with Gasteiger partial charge in [0, 0.05) is 6.04 Å². The molecule has 0 saturated carbocycles. The van der Waals surface area contributed by atoms with Crippen LogP contribution in [0, 0.1) is 0 Å². The lowest BCUT2D eigenvalue weighted by molar-refractivity contribution is 0.828. The van der Waals surface area contributed by atoms with Crippen molar-refractivity contribution in [3.05, 3.63) is 60.2 Å². The fraction of sp³-hybridized carbons (Fsp3) is 0.125. The van der Waals surface area contributed by atoms with E-state index in [2.05, 4.69) is 54.6 Å². The summed E-state index contributed by atoms with van der Waals surface area (Å²) in [5.41, 5.74) is 7.29. The van der Waals surface area contributed by atoms with Gasteiger partial charge in [0.1, 0.15) is 0 Å². The van der Waals surface area contributed by atoms with E-state index in [-0.39, 0.29) is 18.4 Å². The summed E-state index contributed by atoms with van der Waals surface area (Å²) in [6.45, 7) is 2.04. The standard InChI is InChI=1S/C16H15N.ClH/c1-11(17)16-10-12-6-2-3-7-13(12)14-8-4-5-9-15(14)16;/h2-11H,17H2,1H3;1H/t11-;/m0./s1. The maximum atomic E-state index is 6.07. The Morgan fingerprint density at radius 3 is 2.06 bits per heavy atom. The van der Waals surface area contributed by atoms with Crippen LogP contribution in [-0.2, 0) is 0 Å². The highest BCUT2D eigenvalue weighted by Crippen LogP contribution is 2.30. The van der Waals surface area contributed by atoms with Crippen molar-refractivity contribution in [2.45, 2.75) is 13.0 Å². The molecule has 3 aromatic rings. The molecule has 0 bridgehead atoms. The zero-order valence-electron chi connectivity index (χ0n) is 10.3. The van der Waals surface area contributed by atoms with Crippen molar-refractivity contribution < 1.29 is 0 Å².